The van der Waals surface area contributed by atoms with Crippen LogP contribution < -0.4 is 10.2 Å². The van der Waals surface area contributed by atoms with Crippen LogP contribution in [0.4, 0.5) is 0 Å². The van der Waals surface area contributed by atoms with Crippen LogP contribution in [0.15, 0.2) is 60.8 Å². The lowest BCUT2D eigenvalue weighted by molar-refractivity contribution is -0.870. The molecule has 378 valence electrons. The first-order valence-electron chi connectivity index (χ1n) is 26.6. The second-order valence-electron chi connectivity index (χ2n) is 19.0. The zero-order valence-corrected chi connectivity index (χ0v) is 43.8. The molecule has 1 N–H and O–H groups in total. The molecule has 9 nitrogen and oxygen atoms in total. The van der Waals surface area contributed by atoms with Gasteiger partial charge in [-0.3, -0.25) is 14.2 Å². The fraction of sp³-hybridized carbons (Fsp3) is 0.782. The fourth-order valence-corrected chi connectivity index (χ4v) is 8.06. The van der Waals surface area contributed by atoms with Gasteiger partial charge in [0.1, 0.15) is 19.3 Å². The lowest BCUT2D eigenvalue weighted by atomic mass is 10.0. The molecule has 0 bridgehead atoms. The number of carbonyl (C=O) groups is 2. The van der Waals surface area contributed by atoms with Gasteiger partial charge in [0.05, 0.1) is 33.8 Å². The number of likely N-dealkylation sites (N-methyl/N-ethyl adjacent to an activating group) is 1. The fourth-order valence-electron chi connectivity index (χ4n) is 7.33. The van der Waals surface area contributed by atoms with Crippen molar-refractivity contribution in [3.63, 3.8) is 0 Å². The molecule has 0 aromatic heterocycles. The summed E-state index contributed by atoms with van der Waals surface area (Å²) in [6.07, 6.45) is 54.7. The first-order chi connectivity index (χ1) is 31.4. The van der Waals surface area contributed by atoms with Crippen molar-refractivity contribution in [2.75, 3.05) is 40.9 Å². The van der Waals surface area contributed by atoms with Crippen LogP contribution in [0.1, 0.15) is 226 Å². The van der Waals surface area contributed by atoms with Crippen LogP contribution >= 0.6 is 7.82 Å². The van der Waals surface area contributed by atoms with Crippen LogP contribution in [-0.4, -0.2) is 69.4 Å². The Balaban J connectivity index is 5.46. The Morgan fingerprint density at radius 3 is 1.49 bits per heavy atom. The number of nitrogens with one attached hydrogen (secondary N) is 1. The maximum Gasteiger partial charge on any atom is 0.306 e. The van der Waals surface area contributed by atoms with Gasteiger partial charge in [-0.2, -0.15) is 0 Å². The van der Waals surface area contributed by atoms with Crippen LogP contribution in [0.25, 0.3) is 0 Å². The molecule has 0 aliphatic heterocycles. The summed E-state index contributed by atoms with van der Waals surface area (Å²) in [5.74, 6) is -0.579. The van der Waals surface area contributed by atoms with Gasteiger partial charge in [0.25, 0.3) is 7.82 Å². The minimum Gasteiger partial charge on any atom is -0.756 e. The van der Waals surface area contributed by atoms with Gasteiger partial charge < -0.3 is 28.5 Å². The molecule has 10 heteroatoms. The molecule has 3 unspecified atom stereocenters. The van der Waals surface area contributed by atoms with Crippen molar-refractivity contribution in [1.82, 2.24) is 5.32 Å². The van der Waals surface area contributed by atoms with Crippen LogP contribution in [0.2, 0.25) is 0 Å². The van der Waals surface area contributed by atoms with E-state index in [1.165, 1.54) is 103 Å². The number of amides is 1. The molecule has 0 aliphatic rings. The Bertz CT molecular complexity index is 1300. The predicted molar refractivity (Wildman–Crippen MR) is 275 cm³/mol. The number of phosphoric ester groups is 1. The Labute approximate surface area is 401 Å². The molecule has 1 amide bonds. The monoisotopic (exact) mass is 933 g/mol. The summed E-state index contributed by atoms with van der Waals surface area (Å²) in [7, 11) is 1.16. The van der Waals surface area contributed by atoms with Gasteiger partial charge in [-0.05, 0) is 70.3 Å². The molecule has 3 atom stereocenters. The van der Waals surface area contributed by atoms with Crippen LogP contribution in [-0.2, 0) is 27.9 Å². The highest BCUT2D eigenvalue weighted by atomic mass is 31.2. The zero-order chi connectivity index (χ0) is 48.0. The van der Waals surface area contributed by atoms with Gasteiger partial charge in [0.15, 0.2) is 0 Å². The number of unbranched alkanes of at least 4 members (excludes halogenated alkanes) is 23. The molecule has 0 aromatic rings. The number of rotatable bonds is 47. The van der Waals surface area contributed by atoms with Crippen LogP contribution in [0, 0.1) is 0 Å². The van der Waals surface area contributed by atoms with E-state index in [9.17, 15) is 19.0 Å². The van der Waals surface area contributed by atoms with E-state index in [1.54, 1.807) is 0 Å². The molecular formula is C55H101N2O7P. The largest absolute Gasteiger partial charge is 0.756 e. The normalized spacial score (nSPS) is 14.4. The number of allylic oxidation sites excluding steroid dienone is 9. The summed E-state index contributed by atoms with van der Waals surface area (Å²) in [6.45, 7) is 6.68. The van der Waals surface area contributed by atoms with Gasteiger partial charge >= 0.3 is 5.97 Å². The standard InChI is InChI=1S/C55H101N2O7P/c1-7-10-13-16-19-22-25-27-28-29-30-33-35-38-41-44-47-54(58)56-52(51-63-65(60,61)62-50-49-57(4,5)6)53(46-43-40-37-34-32-26-23-20-17-14-11-8-2)64-55(59)48-45-42-39-36-31-24-21-18-15-12-9-3/h10,13,19,22,27-28,30,33,43,46,52-53H,7-9,11-12,14-18,20-21,23-26,29,31-32,34-42,44-45,47-51H2,1-6H3,(H-,56,58,60,61)/b13-10+,22-19+,28-27+,33-30+,46-43-. The number of esters is 1. The number of hydrogen-bond acceptors (Lipinski definition) is 7. The van der Waals surface area contributed by atoms with Gasteiger partial charge in [0, 0.05) is 12.8 Å². The SMILES string of the molecule is CC/C=C/C/C=C/C/C=C/C/C=C/CCCCCC(=O)NC(COP(=O)([O-])OCC[N+](C)(C)C)C(/C=C\CCCCCCCCCCCC)OC(=O)CCCCCCCCCCCCC. The first kappa shape index (κ1) is 62.7. The molecule has 0 rings (SSSR count). The summed E-state index contributed by atoms with van der Waals surface area (Å²) in [6, 6.07) is -0.901. The Morgan fingerprint density at radius 1 is 0.554 bits per heavy atom. The first-order valence-corrected chi connectivity index (χ1v) is 28.1. The quantitative estimate of drug-likeness (QED) is 0.0212. The lowest BCUT2D eigenvalue weighted by Crippen LogP contribution is -2.47. The van der Waals surface area contributed by atoms with Gasteiger partial charge in [0.2, 0.25) is 5.91 Å². The highest BCUT2D eigenvalue weighted by Gasteiger charge is 2.27. The third kappa shape index (κ3) is 46.6. The van der Waals surface area contributed by atoms with Crippen molar-refractivity contribution >= 4 is 19.7 Å². The molecule has 0 heterocycles. The highest BCUT2D eigenvalue weighted by Crippen LogP contribution is 2.38. The van der Waals surface area contributed by atoms with Gasteiger partial charge in [-0.1, -0.05) is 204 Å². The summed E-state index contributed by atoms with van der Waals surface area (Å²) >= 11 is 0. The Hall–Kier alpha value is -2.29. The summed E-state index contributed by atoms with van der Waals surface area (Å²) in [4.78, 5) is 39.7. The Morgan fingerprint density at radius 2 is 0.985 bits per heavy atom. The predicted octanol–water partition coefficient (Wildman–Crippen LogP) is 14.9. The minimum atomic E-state index is -4.70. The average Bonchev–Trinajstić information content (AvgIpc) is 3.26. The van der Waals surface area contributed by atoms with Crippen molar-refractivity contribution < 1.29 is 37.3 Å². The second-order valence-corrected chi connectivity index (χ2v) is 20.4. The van der Waals surface area contributed by atoms with Crippen molar-refractivity contribution in [3.8, 4) is 0 Å². The van der Waals surface area contributed by atoms with E-state index in [0.29, 0.717) is 17.4 Å². The Kier molecular flexibility index (Phi) is 43.9. The molecule has 0 aromatic carbocycles. The van der Waals surface area contributed by atoms with E-state index >= 15 is 0 Å². The third-order valence-corrected chi connectivity index (χ3v) is 12.4. The van der Waals surface area contributed by atoms with Crippen LogP contribution in [0.5, 0.6) is 0 Å². The van der Waals surface area contributed by atoms with E-state index in [0.717, 1.165) is 83.5 Å². The highest BCUT2D eigenvalue weighted by molar-refractivity contribution is 7.45. The number of ether oxygens (including phenoxy) is 1. The van der Waals surface area contributed by atoms with Crippen LogP contribution in [0.3, 0.4) is 0 Å². The molecule has 0 radical (unpaired) electrons. The molecular weight excluding hydrogens is 832 g/mol. The number of carbonyl (C=O) groups excluding carboxylic acids is 2. The second kappa shape index (κ2) is 45.5. The van der Waals surface area contributed by atoms with Gasteiger partial charge in [-0.25, -0.2) is 0 Å². The third-order valence-electron chi connectivity index (χ3n) is 11.5. The number of phosphoric acid groups is 1. The topological polar surface area (TPSA) is 114 Å². The summed E-state index contributed by atoms with van der Waals surface area (Å²) < 4.78 is 30.1. The molecule has 0 saturated heterocycles. The summed E-state index contributed by atoms with van der Waals surface area (Å²) in [5.41, 5.74) is 0. The summed E-state index contributed by atoms with van der Waals surface area (Å²) in [5, 5.41) is 2.99. The van der Waals surface area contributed by atoms with E-state index in [2.05, 4.69) is 74.7 Å². The number of nitrogens with zero attached hydrogens (tertiary/aromatic N) is 1. The maximum absolute atomic E-state index is 13.4. The van der Waals surface area contributed by atoms with E-state index < -0.39 is 26.6 Å². The van der Waals surface area contributed by atoms with E-state index in [4.69, 9.17) is 13.8 Å². The molecule has 0 aliphatic carbocycles. The maximum atomic E-state index is 13.4. The molecule has 0 saturated carbocycles. The molecule has 0 spiro atoms. The molecule has 0 fully saturated rings. The number of hydrogen-bond donors (Lipinski definition) is 1. The zero-order valence-electron chi connectivity index (χ0n) is 42.9. The lowest BCUT2D eigenvalue weighted by Gasteiger charge is -2.30. The van der Waals surface area contributed by atoms with Gasteiger partial charge in [-0.15, -0.1) is 0 Å². The van der Waals surface area contributed by atoms with Crippen molar-refractivity contribution in [2.45, 2.75) is 238 Å². The minimum absolute atomic E-state index is 0.0294. The molecule has 65 heavy (non-hydrogen) atoms. The average molecular weight is 933 g/mol. The number of quaternary nitrogens is 1. The van der Waals surface area contributed by atoms with E-state index in [-0.39, 0.29) is 31.3 Å². The van der Waals surface area contributed by atoms with Crippen molar-refractivity contribution in [1.29, 1.82) is 0 Å². The smallest absolute Gasteiger partial charge is 0.306 e. The van der Waals surface area contributed by atoms with Crippen molar-refractivity contribution in [2.24, 2.45) is 0 Å². The van der Waals surface area contributed by atoms with E-state index in [1.807, 2.05) is 33.3 Å². The van der Waals surface area contributed by atoms with Crippen molar-refractivity contribution in [3.05, 3.63) is 60.8 Å².